The highest BCUT2D eigenvalue weighted by atomic mass is 16.6. The Morgan fingerprint density at radius 3 is 2.61 bits per heavy atom. The second-order valence-corrected chi connectivity index (χ2v) is 6.01. The van der Waals surface area contributed by atoms with Crippen LogP contribution < -0.4 is 10.9 Å². The van der Waals surface area contributed by atoms with Gasteiger partial charge in [-0.25, -0.2) is 9.48 Å². The zero-order valence-electron chi connectivity index (χ0n) is 13.4. The van der Waals surface area contributed by atoms with E-state index in [1.807, 2.05) is 6.07 Å². The summed E-state index contributed by atoms with van der Waals surface area (Å²) in [6, 6.07) is 7.08. The Balaban J connectivity index is 2.33. The molecule has 1 heterocycles. The largest absolute Gasteiger partial charge is 0.444 e. The molecule has 0 saturated carbocycles. The van der Waals surface area contributed by atoms with Gasteiger partial charge >= 0.3 is 6.09 Å². The lowest BCUT2D eigenvalue weighted by Crippen LogP contribution is -2.33. The number of aromatic nitrogens is 2. The minimum Gasteiger partial charge on any atom is -0.444 e. The maximum atomic E-state index is 12.3. The van der Waals surface area contributed by atoms with Crippen LogP contribution in [0.15, 0.2) is 29.1 Å². The van der Waals surface area contributed by atoms with Crippen molar-refractivity contribution in [3.63, 3.8) is 0 Å². The van der Waals surface area contributed by atoms with E-state index in [0.717, 1.165) is 0 Å². The second kappa shape index (κ2) is 6.53. The highest BCUT2D eigenvalue weighted by Crippen LogP contribution is 2.13. The van der Waals surface area contributed by atoms with Gasteiger partial charge in [0.2, 0.25) is 0 Å². The van der Waals surface area contributed by atoms with Crippen LogP contribution in [0.5, 0.6) is 0 Å². The third-order valence-electron chi connectivity index (χ3n) is 2.98. The molecule has 120 valence electrons. The number of rotatable bonds is 3. The lowest BCUT2D eigenvalue weighted by molar-refractivity contribution is 0.0523. The van der Waals surface area contributed by atoms with Crippen LogP contribution >= 0.6 is 0 Å². The third-order valence-corrected chi connectivity index (χ3v) is 2.98. The summed E-state index contributed by atoms with van der Waals surface area (Å²) in [5, 5.41) is 8.09. The SMILES string of the molecule is C#CCn1nc(CNC(=O)OC(C)(C)C)c2ccccc2c1=O. The van der Waals surface area contributed by atoms with E-state index in [4.69, 9.17) is 11.2 Å². The monoisotopic (exact) mass is 313 g/mol. The molecule has 0 spiro atoms. The van der Waals surface area contributed by atoms with E-state index in [-0.39, 0.29) is 18.6 Å². The Kier molecular flexibility index (Phi) is 4.70. The maximum Gasteiger partial charge on any atom is 0.407 e. The van der Waals surface area contributed by atoms with Crippen molar-refractivity contribution in [1.82, 2.24) is 15.1 Å². The molecule has 0 aliphatic heterocycles. The average molecular weight is 313 g/mol. The number of hydrogen-bond acceptors (Lipinski definition) is 4. The summed E-state index contributed by atoms with van der Waals surface area (Å²) >= 11 is 0. The smallest absolute Gasteiger partial charge is 0.407 e. The minimum atomic E-state index is -0.582. The Bertz CT molecular complexity index is 826. The summed E-state index contributed by atoms with van der Waals surface area (Å²) in [4.78, 5) is 24.1. The molecule has 6 heteroatoms. The molecule has 1 amide bonds. The average Bonchev–Trinajstić information content (AvgIpc) is 2.47. The molecule has 6 nitrogen and oxygen atoms in total. The predicted octanol–water partition coefficient (Wildman–Crippen LogP) is 2.05. The van der Waals surface area contributed by atoms with Crippen LogP contribution in [0.25, 0.3) is 10.8 Å². The molecule has 0 aliphatic carbocycles. The van der Waals surface area contributed by atoms with Crippen LogP contribution in [0.4, 0.5) is 4.79 Å². The molecule has 0 bridgehead atoms. The van der Waals surface area contributed by atoms with Crippen molar-refractivity contribution in [2.45, 2.75) is 39.5 Å². The number of carbonyl (C=O) groups is 1. The van der Waals surface area contributed by atoms with E-state index in [1.54, 1.807) is 39.0 Å². The van der Waals surface area contributed by atoms with Crippen molar-refractivity contribution < 1.29 is 9.53 Å². The molecule has 0 aliphatic rings. The molecule has 0 unspecified atom stereocenters. The highest BCUT2D eigenvalue weighted by Gasteiger charge is 2.17. The number of carbonyl (C=O) groups excluding carboxylic acids is 1. The first-order valence-corrected chi connectivity index (χ1v) is 7.21. The summed E-state index contributed by atoms with van der Waals surface area (Å²) < 4.78 is 6.41. The van der Waals surface area contributed by atoms with Gasteiger partial charge in [0.15, 0.2) is 0 Å². The number of alkyl carbamates (subject to hydrolysis) is 1. The Morgan fingerprint density at radius 2 is 2.00 bits per heavy atom. The summed E-state index contributed by atoms with van der Waals surface area (Å²) in [6.45, 7) is 5.57. The topological polar surface area (TPSA) is 73.2 Å². The third kappa shape index (κ3) is 4.10. The number of nitrogens with one attached hydrogen (secondary N) is 1. The summed E-state index contributed by atoms with van der Waals surface area (Å²) in [5.74, 6) is 2.40. The van der Waals surface area contributed by atoms with Gasteiger partial charge < -0.3 is 10.1 Å². The molecular weight excluding hydrogens is 294 g/mol. The molecule has 2 aromatic rings. The molecule has 23 heavy (non-hydrogen) atoms. The summed E-state index contributed by atoms with van der Waals surface area (Å²) in [6.07, 6.45) is 4.73. The number of hydrogen-bond donors (Lipinski definition) is 1. The quantitative estimate of drug-likeness (QED) is 0.880. The number of terminal acetylenes is 1. The van der Waals surface area contributed by atoms with E-state index < -0.39 is 11.7 Å². The van der Waals surface area contributed by atoms with Gasteiger partial charge in [-0.2, -0.15) is 5.10 Å². The van der Waals surface area contributed by atoms with Crippen molar-refractivity contribution >= 4 is 16.9 Å². The molecule has 0 atom stereocenters. The van der Waals surface area contributed by atoms with Gasteiger partial charge in [0.05, 0.1) is 17.6 Å². The van der Waals surface area contributed by atoms with Gasteiger partial charge in [-0.3, -0.25) is 4.79 Å². The summed E-state index contributed by atoms with van der Waals surface area (Å²) in [7, 11) is 0. The van der Waals surface area contributed by atoms with Gasteiger partial charge in [-0.1, -0.05) is 24.1 Å². The van der Waals surface area contributed by atoms with Crippen LogP contribution in [-0.4, -0.2) is 21.5 Å². The van der Waals surface area contributed by atoms with Crippen LogP contribution in [0.3, 0.4) is 0 Å². The van der Waals surface area contributed by atoms with Gasteiger partial charge in [-0.15, -0.1) is 6.42 Å². The van der Waals surface area contributed by atoms with Crippen LogP contribution in [0.2, 0.25) is 0 Å². The first kappa shape index (κ1) is 16.6. The van der Waals surface area contributed by atoms with Crippen molar-refractivity contribution in [2.75, 3.05) is 0 Å². The van der Waals surface area contributed by atoms with Gasteiger partial charge in [-0.05, 0) is 26.8 Å². The predicted molar refractivity (Wildman–Crippen MR) is 87.9 cm³/mol. The molecule has 0 radical (unpaired) electrons. The molecule has 1 aromatic heterocycles. The van der Waals surface area contributed by atoms with E-state index in [2.05, 4.69) is 16.3 Å². The van der Waals surface area contributed by atoms with Crippen LogP contribution in [-0.2, 0) is 17.8 Å². The van der Waals surface area contributed by atoms with E-state index in [9.17, 15) is 9.59 Å². The van der Waals surface area contributed by atoms with Crippen molar-refractivity contribution in [3.05, 3.63) is 40.3 Å². The van der Waals surface area contributed by atoms with Gasteiger partial charge in [0.25, 0.3) is 5.56 Å². The fourth-order valence-corrected chi connectivity index (χ4v) is 2.10. The fourth-order valence-electron chi connectivity index (χ4n) is 2.10. The number of ether oxygens (including phenoxy) is 1. The normalized spacial score (nSPS) is 11.0. The number of benzene rings is 1. The molecule has 0 fully saturated rings. The van der Waals surface area contributed by atoms with Crippen LogP contribution in [0.1, 0.15) is 26.5 Å². The Hall–Kier alpha value is -2.81. The standard InChI is InChI=1S/C17H19N3O3/c1-5-10-20-15(21)13-9-7-6-8-12(13)14(19-20)11-18-16(22)23-17(2,3)4/h1,6-9H,10-11H2,2-4H3,(H,18,22). The maximum absolute atomic E-state index is 12.3. The lowest BCUT2D eigenvalue weighted by Gasteiger charge is -2.19. The molecule has 1 N–H and O–H groups in total. The molecule has 1 aromatic carbocycles. The van der Waals surface area contributed by atoms with Gasteiger partial charge in [0.1, 0.15) is 12.1 Å². The molecule has 0 saturated heterocycles. The van der Waals surface area contributed by atoms with Crippen molar-refractivity contribution in [2.24, 2.45) is 0 Å². The van der Waals surface area contributed by atoms with Crippen LogP contribution in [0, 0.1) is 12.3 Å². The summed E-state index contributed by atoms with van der Waals surface area (Å²) in [5.41, 5.74) is -0.275. The van der Waals surface area contributed by atoms with E-state index in [1.165, 1.54) is 4.68 Å². The molecular formula is C17H19N3O3. The first-order valence-electron chi connectivity index (χ1n) is 7.21. The van der Waals surface area contributed by atoms with Gasteiger partial charge in [0, 0.05) is 5.39 Å². The number of nitrogens with zero attached hydrogens (tertiary/aromatic N) is 2. The lowest BCUT2D eigenvalue weighted by atomic mass is 10.1. The second-order valence-electron chi connectivity index (χ2n) is 6.01. The number of fused-ring (bicyclic) bond motifs is 1. The highest BCUT2D eigenvalue weighted by molar-refractivity contribution is 5.83. The Morgan fingerprint density at radius 1 is 1.35 bits per heavy atom. The fraction of sp³-hybridized carbons (Fsp3) is 0.353. The van der Waals surface area contributed by atoms with Crippen molar-refractivity contribution in [1.29, 1.82) is 0 Å². The zero-order chi connectivity index (χ0) is 17.0. The minimum absolute atomic E-state index is 0.0725. The van der Waals surface area contributed by atoms with Crippen molar-refractivity contribution in [3.8, 4) is 12.3 Å². The first-order chi connectivity index (χ1) is 10.8. The molecule has 2 rings (SSSR count). The number of amides is 1. The zero-order valence-corrected chi connectivity index (χ0v) is 13.4. The Labute approximate surface area is 134 Å². The van der Waals surface area contributed by atoms with E-state index >= 15 is 0 Å². The van der Waals surface area contributed by atoms with E-state index in [0.29, 0.717) is 16.5 Å².